The van der Waals surface area contributed by atoms with Crippen LogP contribution in [0.5, 0.6) is 0 Å². The summed E-state index contributed by atoms with van der Waals surface area (Å²) >= 11 is 0. The second kappa shape index (κ2) is 21.9. The number of hydrogen-bond acceptors (Lipinski definition) is 14. The fraction of sp³-hybridized carbons (Fsp3) is 0.417. The number of nitrogens with zero attached hydrogens (tertiary/aromatic N) is 3. The van der Waals surface area contributed by atoms with Crippen LogP contribution >= 0.6 is 0 Å². The molecule has 366 valence electrons. The molecule has 1 aromatic heterocycles. The second-order valence-corrected chi connectivity index (χ2v) is 19.0. The van der Waals surface area contributed by atoms with Gasteiger partial charge in [-0.25, -0.2) is 17.8 Å². The number of nitrogens with one attached hydrogen (secondary N) is 4. The van der Waals surface area contributed by atoms with Gasteiger partial charge in [0.1, 0.15) is 17.7 Å². The van der Waals surface area contributed by atoms with Crippen molar-refractivity contribution in [3.05, 3.63) is 94.9 Å². The second-order valence-electron chi connectivity index (χ2n) is 17.1. The number of imide groups is 1. The maximum Gasteiger partial charge on any atom is 0.259 e. The normalized spacial score (nSPS) is 17.9. The summed E-state index contributed by atoms with van der Waals surface area (Å²) in [6.45, 7) is 2.86. The van der Waals surface area contributed by atoms with Gasteiger partial charge in [0.2, 0.25) is 27.7 Å². The van der Waals surface area contributed by atoms with E-state index in [4.69, 9.17) is 19.9 Å². The Morgan fingerprint density at radius 2 is 1.64 bits per heavy atom. The summed E-state index contributed by atoms with van der Waals surface area (Å²) in [6, 6.07) is 14.8. The molecule has 21 heteroatoms. The molecular weight excluding hydrogens is 916 g/mol. The highest BCUT2D eigenvalue weighted by Gasteiger charge is 2.45. The van der Waals surface area contributed by atoms with Crippen LogP contribution in [0.15, 0.2) is 71.8 Å². The van der Waals surface area contributed by atoms with E-state index >= 15 is 4.39 Å². The van der Waals surface area contributed by atoms with Gasteiger partial charge in [-0.3, -0.25) is 34.2 Å². The molecule has 2 unspecified atom stereocenters. The van der Waals surface area contributed by atoms with Gasteiger partial charge in [0.15, 0.2) is 6.23 Å². The number of carbonyl (C=O) groups excluding carboxylic acids is 5. The first-order valence-corrected chi connectivity index (χ1v) is 24.5. The first-order chi connectivity index (χ1) is 33.3. The number of ether oxygens (including phenoxy) is 3. The number of benzene rings is 3. The number of halogens is 1. The van der Waals surface area contributed by atoms with Gasteiger partial charge in [-0.15, -0.1) is 0 Å². The first kappa shape index (κ1) is 49.1. The number of aliphatic hydroxyl groups excluding tert-OH is 1. The van der Waals surface area contributed by atoms with Crippen molar-refractivity contribution in [1.29, 1.82) is 0 Å². The Labute approximate surface area is 398 Å². The van der Waals surface area contributed by atoms with Gasteiger partial charge in [-0.1, -0.05) is 30.3 Å². The van der Waals surface area contributed by atoms with E-state index in [0.29, 0.717) is 86.5 Å². The summed E-state index contributed by atoms with van der Waals surface area (Å²) in [7, 11) is -4.05. The third kappa shape index (κ3) is 11.4. The molecular formula is C48H55FN8O11S. The summed E-state index contributed by atoms with van der Waals surface area (Å²) in [5, 5.41) is 21.9. The van der Waals surface area contributed by atoms with Crippen molar-refractivity contribution in [2.45, 2.75) is 68.2 Å². The lowest BCUT2D eigenvalue weighted by atomic mass is 9.94. The Hall–Kier alpha value is -6.36. The van der Waals surface area contributed by atoms with Crippen LogP contribution in [0.2, 0.25) is 0 Å². The lowest BCUT2D eigenvalue weighted by Gasteiger charge is -2.31. The quantitative estimate of drug-likeness (QED) is 0.0462. The minimum absolute atomic E-state index is 0.0769. The minimum atomic E-state index is -4.05. The molecule has 4 heterocycles. The number of amides is 5. The number of nitrogens with two attached hydrogens (primary N) is 1. The van der Waals surface area contributed by atoms with E-state index in [1.165, 1.54) is 22.6 Å². The molecule has 0 bridgehead atoms. The Morgan fingerprint density at radius 3 is 2.39 bits per heavy atom. The van der Waals surface area contributed by atoms with Crippen LogP contribution in [0.25, 0.3) is 22.3 Å². The van der Waals surface area contributed by atoms with Crippen molar-refractivity contribution in [1.82, 2.24) is 30.1 Å². The Balaban J connectivity index is 0.698. The molecule has 0 radical (unpaired) electrons. The van der Waals surface area contributed by atoms with Gasteiger partial charge in [0, 0.05) is 84.8 Å². The number of hydrogen-bond donors (Lipinski definition) is 6. The lowest BCUT2D eigenvalue weighted by Crippen LogP contribution is -2.53. The van der Waals surface area contributed by atoms with Crippen molar-refractivity contribution >= 4 is 51.1 Å². The largest absolute Gasteiger partial charge is 0.383 e. The number of aromatic nitrogens is 1. The lowest BCUT2D eigenvalue weighted by molar-refractivity contribution is -0.139. The topological polar surface area (TPSA) is 261 Å². The first-order valence-electron chi connectivity index (χ1n) is 23.0. The van der Waals surface area contributed by atoms with Crippen LogP contribution in [-0.4, -0.2) is 135 Å². The van der Waals surface area contributed by atoms with Crippen LogP contribution < -0.4 is 27.0 Å². The monoisotopic (exact) mass is 970 g/mol. The zero-order valence-electron chi connectivity index (χ0n) is 37.8. The molecule has 5 amide bonds. The zero-order chi connectivity index (χ0) is 48.7. The van der Waals surface area contributed by atoms with E-state index in [2.05, 4.69) is 26.3 Å². The average molecular weight is 971 g/mol. The molecule has 0 spiro atoms. The Bertz CT molecular complexity index is 2720. The molecule has 19 nitrogen and oxygen atoms in total. The van der Waals surface area contributed by atoms with Gasteiger partial charge in [-0.05, 0) is 73.6 Å². The highest BCUT2D eigenvalue weighted by molar-refractivity contribution is 7.89. The number of anilines is 2. The summed E-state index contributed by atoms with van der Waals surface area (Å²) in [5.41, 5.74) is 10.7. The van der Waals surface area contributed by atoms with Gasteiger partial charge >= 0.3 is 0 Å². The van der Waals surface area contributed by atoms with Gasteiger partial charge in [0.25, 0.3) is 11.8 Å². The van der Waals surface area contributed by atoms with Crippen molar-refractivity contribution in [2.75, 3.05) is 76.9 Å². The third-order valence-corrected chi connectivity index (χ3v) is 14.3. The predicted molar refractivity (Wildman–Crippen MR) is 249 cm³/mol. The van der Waals surface area contributed by atoms with Crippen LogP contribution in [0, 0.1) is 5.82 Å². The van der Waals surface area contributed by atoms with E-state index in [9.17, 15) is 37.5 Å². The van der Waals surface area contributed by atoms with E-state index in [-0.39, 0.29) is 91.9 Å². The number of piperidine rings is 1. The Kier molecular flexibility index (Phi) is 15.6. The van der Waals surface area contributed by atoms with Crippen molar-refractivity contribution in [3.63, 3.8) is 0 Å². The fourth-order valence-corrected chi connectivity index (χ4v) is 10.4. The molecule has 2 fully saturated rings. The predicted octanol–water partition coefficient (Wildman–Crippen LogP) is 2.89. The van der Waals surface area contributed by atoms with Crippen LogP contribution in [0.1, 0.15) is 76.6 Å². The maximum absolute atomic E-state index is 15.8. The average Bonchev–Trinajstić information content (AvgIpc) is 4.14. The summed E-state index contributed by atoms with van der Waals surface area (Å²) in [6.07, 6.45) is 2.84. The molecule has 69 heavy (non-hydrogen) atoms. The fourth-order valence-electron chi connectivity index (χ4n) is 8.67. The molecule has 2 atom stereocenters. The molecule has 1 aliphatic carbocycles. The number of carbonyl (C=O) groups is 5. The number of sulfonamides is 1. The number of pyridine rings is 1. The van der Waals surface area contributed by atoms with E-state index < -0.39 is 45.8 Å². The number of nitrogen functional groups attached to an aromatic ring is 1. The van der Waals surface area contributed by atoms with Crippen molar-refractivity contribution in [3.8, 4) is 22.3 Å². The number of fused-ring (bicyclic) bond motifs is 2. The highest BCUT2D eigenvalue weighted by atomic mass is 32.2. The SMILES string of the molecule is Nc1ncc(-c2ccc(S(=O)(=O)N(CCCNC(=O)CCOCCOCCOCCNc3cccc4c3C(=O)N(C3CCC(=O)NC3=O)C4O)C3CC3)cc2F)cc1-c1ccc2c(c1)CCNC2=O. The molecule has 3 aliphatic heterocycles. The standard InChI is InChI=1S/C48H55FN8O11S/c49-38-27-33(8-10-34(38)31-26-37(44(50)54-28-31)29-5-9-35-30(25-29)13-16-53-45(35)60)69(64,65)56(32-6-7-32)18-2-15-52-41(58)14-19-66-21-23-68-24-22-67-20-17-51-39-4-1-3-36-43(39)48(63)57(47(36)62)40-11-12-42(59)55-46(40)61/h1,3-5,8-10,25-28,32,40,47,51,62H,2,6-7,11-24H2,(H2,50,54)(H,52,58)(H,53,60)(H,55,59,61). The molecule has 1 saturated heterocycles. The van der Waals surface area contributed by atoms with Crippen LogP contribution in [0.3, 0.4) is 0 Å². The van der Waals surface area contributed by atoms with Crippen LogP contribution in [0.4, 0.5) is 15.9 Å². The minimum Gasteiger partial charge on any atom is -0.383 e. The number of aliphatic hydroxyl groups is 1. The maximum atomic E-state index is 15.8. The molecule has 1 saturated carbocycles. The Morgan fingerprint density at radius 1 is 0.884 bits per heavy atom. The van der Waals surface area contributed by atoms with Crippen molar-refractivity contribution in [2.24, 2.45) is 0 Å². The molecule has 4 aliphatic rings. The number of rotatable bonds is 23. The van der Waals surface area contributed by atoms with E-state index in [0.717, 1.165) is 22.1 Å². The summed E-state index contributed by atoms with van der Waals surface area (Å²) in [4.78, 5) is 67.2. The third-order valence-electron chi connectivity index (χ3n) is 12.4. The van der Waals surface area contributed by atoms with Crippen molar-refractivity contribution < 1.29 is 56.1 Å². The summed E-state index contributed by atoms with van der Waals surface area (Å²) in [5.74, 6) is -2.41. The van der Waals surface area contributed by atoms with E-state index in [1.54, 1.807) is 36.4 Å². The molecule has 8 rings (SSSR count). The zero-order valence-corrected chi connectivity index (χ0v) is 38.7. The highest BCUT2D eigenvalue weighted by Crippen LogP contribution is 2.39. The molecule has 4 aromatic rings. The van der Waals surface area contributed by atoms with E-state index in [1.807, 2.05) is 6.07 Å². The van der Waals surface area contributed by atoms with Gasteiger partial charge in [-0.2, -0.15) is 4.31 Å². The molecule has 7 N–H and O–H groups in total. The van der Waals surface area contributed by atoms with Crippen LogP contribution in [-0.2, 0) is 45.0 Å². The summed E-state index contributed by atoms with van der Waals surface area (Å²) < 4.78 is 61.4. The van der Waals surface area contributed by atoms with Gasteiger partial charge < -0.3 is 41.0 Å². The van der Waals surface area contributed by atoms with Gasteiger partial charge in [0.05, 0.1) is 50.1 Å². The molecule has 3 aromatic carbocycles. The smallest absolute Gasteiger partial charge is 0.259 e.